The Hall–Kier alpha value is -17.6. The highest BCUT2D eigenvalue weighted by Gasteiger charge is 2.27. The number of nitriles is 4. The molecule has 8 nitrogen and oxygen atoms in total. The van der Waals surface area contributed by atoms with E-state index in [1.54, 1.807) is 11.3 Å². The minimum absolute atomic E-state index is 0.657. The van der Waals surface area contributed by atoms with E-state index >= 15 is 0 Å². The van der Waals surface area contributed by atoms with Gasteiger partial charge in [-0.1, -0.05) is 315 Å². The number of fused-ring (bicyclic) bond motifs is 24. The van der Waals surface area contributed by atoms with E-state index in [0.29, 0.717) is 22.3 Å². The molecule has 0 radical (unpaired) electrons. The maximum atomic E-state index is 10.2. The van der Waals surface area contributed by atoms with E-state index in [0.717, 1.165) is 106 Å². The van der Waals surface area contributed by atoms with E-state index in [9.17, 15) is 21.0 Å². The van der Waals surface area contributed by atoms with E-state index < -0.39 is 0 Å². The Morgan fingerprint density at radius 1 is 0.169 bits per heavy atom. The number of nitrogens with zero attached hydrogens (tertiary/aromatic N) is 8. The van der Waals surface area contributed by atoms with Crippen LogP contribution in [0.5, 0.6) is 0 Å². The predicted molar refractivity (Wildman–Crippen MR) is 575 cm³/mol. The first-order chi connectivity index (χ1) is 67.4. The molecule has 0 unspecified atom stereocenters. The number of para-hydroxylation sites is 9. The molecular formula is C124H72N8S4. The van der Waals surface area contributed by atoms with E-state index in [4.69, 9.17) is 0 Å². The topological polar surface area (TPSA) is 115 Å². The molecule has 0 saturated carbocycles. The van der Waals surface area contributed by atoms with Crippen LogP contribution < -0.4 is 0 Å². The number of benzene rings is 20. The molecule has 136 heavy (non-hydrogen) atoms. The van der Waals surface area contributed by atoms with Gasteiger partial charge in [0.2, 0.25) is 0 Å². The average molecular weight is 1800 g/mol. The van der Waals surface area contributed by atoms with Gasteiger partial charge in [0.25, 0.3) is 0 Å². The summed E-state index contributed by atoms with van der Waals surface area (Å²) in [4.78, 5) is 0. The Bertz CT molecular complexity index is 9570. The Balaban J connectivity index is 0.0000000965. The fraction of sp³-hybridized carbons (Fsp3) is 0. The average Bonchev–Trinajstić information content (AvgIpc) is 1.57. The zero-order valence-electron chi connectivity index (χ0n) is 72.8. The number of hydrogen-bond donors (Lipinski definition) is 0. The molecule has 0 fully saturated rings. The zero-order chi connectivity index (χ0) is 90.6. The van der Waals surface area contributed by atoms with Gasteiger partial charge in [0.05, 0.1) is 107 Å². The van der Waals surface area contributed by atoms with Crippen LogP contribution in [0.2, 0.25) is 0 Å². The highest BCUT2D eigenvalue weighted by Crippen LogP contribution is 2.51. The summed E-state index contributed by atoms with van der Waals surface area (Å²) < 4.78 is 19.3. The Morgan fingerprint density at radius 3 is 0.824 bits per heavy atom. The normalized spacial score (nSPS) is 11.5. The molecule has 28 rings (SSSR count). The summed E-state index contributed by atoms with van der Waals surface area (Å²) in [5.41, 5.74) is 24.7. The van der Waals surface area contributed by atoms with Crippen molar-refractivity contribution in [1.82, 2.24) is 18.3 Å². The molecule has 0 bridgehead atoms. The number of hydrogen-bond acceptors (Lipinski definition) is 8. The summed E-state index contributed by atoms with van der Waals surface area (Å²) in [7, 11) is 0. The second-order valence-corrected chi connectivity index (χ2v) is 38.1. The molecule has 20 aromatic carbocycles. The third kappa shape index (κ3) is 13.1. The van der Waals surface area contributed by atoms with Gasteiger partial charge in [-0.05, 0) is 121 Å². The monoisotopic (exact) mass is 1800 g/mol. The highest BCUT2D eigenvalue weighted by molar-refractivity contribution is 7.27. The first kappa shape index (κ1) is 80.5. The van der Waals surface area contributed by atoms with E-state index in [-0.39, 0.29) is 0 Å². The Kier molecular flexibility index (Phi) is 19.8. The number of aromatic nitrogens is 4. The Morgan fingerprint density at radius 2 is 0.441 bits per heavy atom. The summed E-state index contributed by atoms with van der Waals surface area (Å²) in [5, 5.41) is 59.7. The van der Waals surface area contributed by atoms with Gasteiger partial charge in [-0.2, -0.15) is 21.0 Å². The molecule has 0 aliphatic rings. The van der Waals surface area contributed by atoms with Gasteiger partial charge < -0.3 is 18.3 Å². The third-order valence-corrected chi connectivity index (χ3v) is 31.5. The van der Waals surface area contributed by atoms with E-state index in [2.05, 4.69) is 431 Å². The van der Waals surface area contributed by atoms with Crippen molar-refractivity contribution in [3.05, 3.63) is 459 Å². The fourth-order valence-electron chi connectivity index (χ4n) is 20.8. The summed E-state index contributed by atoms with van der Waals surface area (Å²) in [6, 6.07) is 162. The van der Waals surface area contributed by atoms with Crippen molar-refractivity contribution in [3.8, 4) is 91.5 Å². The lowest BCUT2D eigenvalue weighted by molar-refractivity contribution is 1.17. The standard InChI is InChI=1S/4C31H18N2S/c32-19-20-9-7-17-28(33-26-15-4-1-10-21(26)22-11-2-5-16-27(22)33)30(20)25-14-8-13-24-23-12-3-6-18-29(23)34-31(24)25;32-19-20-9-7-13-24(26-15-8-14-25-23-12-3-6-18-29(23)34-31(25)26)30(20)33-27-16-4-1-10-21(27)22-11-2-5-17-28(22)33;32-19-20-16-17-23(25-11-7-12-26-24-10-3-6-15-30(24)34-31(25)26)29(18-20)33-27-13-4-1-8-21(27)22-9-2-5-14-28(22)33;32-19-20-16-17-29(33-27-13-4-1-8-21(27)22-9-2-5-14-28(22)33)26(18-20)25-12-7-11-24-23-10-3-6-15-30(23)34-31(24)25/h4*1-18H. The molecule has 0 aliphatic heterocycles. The van der Waals surface area contributed by atoms with E-state index in [1.165, 1.54) is 129 Å². The van der Waals surface area contributed by atoms with Gasteiger partial charge in [0.15, 0.2) is 0 Å². The summed E-state index contributed by atoms with van der Waals surface area (Å²) in [6.07, 6.45) is 0. The van der Waals surface area contributed by atoms with Gasteiger partial charge in [-0.15, -0.1) is 45.3 Å². The van der Waals surface area contributed by atoms with Crippen LogP contribution in [0.1, 0.15) is 22.3 Å². The minimum atomic E-state index is 0.657. The number of rotatable bonds is 8. The van der Waals surface area contributed by atoms with Gasteiger partial charge >= 0.3 is 0 Å². The van der Waals surface area contributed by atoms with Gasteiger partial charge in [-0.3, -0.25) is 0 Å². The van der Waals surface area contributed by atoms with Crippen molar-refractivity contribution >= 4 is 213 Å². The maximum Gasteiger partial charge on any atom is 0.101 e. The van der Waals surface area contributed by atoms with Crippen LogP contribution in [0.25, 0.3) is 235 Å². The molecular weight excluding hydrogens is 1730 g/mol. The molecule has 0 N–H and O–H groups in total. The molecule has 0 spiro atoms. The molecule has 632 valence electrons. The molecule has 0 amide bonds. The first-order valence-corrected chi connectivity index (χ1v) is 48.3. The van der Waals surface area contributed by atoms with Crippen molar-refractivity contribution in [3.63, 3.8) is 0 Å². The maximum absolute atomic E-state index is 10.2. The van der Waals surface area contributed by atoms with Crippen molar-refractivity contribution in [2.45, 2.75) is 0 Å². The quantitative estimate of drug-likeness (QED) is 0.151. The third-order valence-electron chi connectivity index (χ3n) is 26.6. The second-order valence-electron chi connectivity index (χ2n) is 33.9. The lowest BCUT2D eigenvalue weighted by Crippen LogP contribution is -2.00. The largest absolute Gasteiger partial charge is 0.309 e. The van der Waals surface area contributed by atoms with Crippen LogP contribution in [0, 0.1) is 45.3 Å². The van der Waals surface area contributed by atoms with Crippen molar-refractivity contribution in [1.29, 1.82) is 21.0 Å². The summed E-state index contributed by atoms with van der Waals surface area (Å²) in [5.74, 6) is 0. The van der Waals surface area contributed by atoms with Crippen LogP contribution in [0.3, 0.4) is 0 Å². The molecule has 12 heteroatoms. The first-order valence-electron chi connectivity index (χ1n) is 45.1. The summed E-state index contributed by atoms with van der Waals surface area (Å²) >= 11 is 7.26. The van der Waals surface area contributed by atoms with Crippen LogP contribution >= 0.6 is 45.3 Å². The molecule has 0 aliphatic carbocycles. The number of thiophene rings is 4. The highest BCUT2D eigenvalue weighted by atomic mass is 32.1. The van der Waals surface area contributed by atoms with Crippen molar-refractivity contribution in [2.75, 3.05) is 0 Å². The molecule has 0 atom stereocenters. The molecule has 28 aromatic rings. The predicted octanol–water partition coefficient (Wildman–Crippen LogP) is 34.8. The van der Waals surface area contributed by atoms with Gasteiger partial charge in [0.1, 0.15) is 6.07 Å². The lowest BCUT2D eigenvalue weighted by atomic mass is 9.96. The van der Waals surface area contributed by atoms with Crippen LogP contribution in [-0.4, -0.2) is 18.3 Å². The molecule has 0 saturated heterocycles. The Labute approximate surface area is 796 Å². The lowest BCUT2D eigenvalue weighted by Gasteiger charge is -2.16. The van der Waals surface area contributed by atoms with Gasteiger partial charge in [0, 0.05) is 168 Å². The van der Waals surface area contributed by atoms with Crippen LogP contribution in [0.15, 0.2) is 437 Å². The van der Waals surface area contributed by atoms with Crippen LogP contribution in [-0.2, 0) is 0 Å². The van der Waals surface area contributed by atoms with Gasteiger partial charge in [-0.25, -0.2) is 0 Å². The van der Waals surface area contributed by atoms with Crippen molar-refractivity contribution in [2.24, 2.45) is 0 Å². The SMILES string of the molecule is N#Cc1ccc(-c2cccc3c2sc2ccccc23)c(-n2c3ccccc3c3ccccc32)c1.N#Cc1ccc(-n2c3ccccc3c3ccccc32)c(-c2cccc3c2sc2ccccc23)c1.N#Cc1cccc(-c2cccc3c2sc2ccccc23)c1-n1c2ccccc2c2ccccc21.N#Cc1cccc(-n2c3ccccc3c3ccccc32)c1-c1cccc2c1sc1ccccc12. The second kappa shape index (κ2) is 33.4. The fourth-order valence-corrected chi connectivity index (χ4v) is 25.7. The minimum Gasteiger partial charge on any atom is -0.309 e. The molecule has 8 heterocycles. The van der Waals surface area contributed by atoms with E-state index in [1.807, 2.05) is 82.5 Å². The molecule has 8 aromatic heterocycles. The van der Waals surface area contributed by atoms with Crippen LogP contribution in [0.4, 0.5) is 0 Å². The van der Waals surface area contributed by atoms with Crippen molar-refractivity contribution < 1.29 is 0 Å². The zero-order valence-corrected chi connectivity index (χ0v) is 76.0. The smallest absolute Gasteiger partial charge is 0.101 e. The summed E-state index contributed by atoms with van der Waals surface area (Å²) in [6.45, 7) is 0.